The molecule has 3 heterocycles. The second-order valence-electron chi connectivity index (χ2n) is 6.92. The number of hydrogen-bond donors (Lipinski definition) is 1. The Hall–Kier alpha value is -3.16. The maximum Gasteiger partial charge on any atom is 0.318 e. The van der Waals surface area contributed by atoms with Crippen LogP contribution >= 0.6 is 0 Å². The van der Waals surface area contributed by atoms with E-state index in [1.54, 1.807) is 4.90 Å². The van der Waals surface area contributed by atoms with Crippen LogP contribution in [0.2, 0.25) is 0 Å². The minimum atomic E-state index is -0.366. The molecule has 1 fully saturated rings. The van der Waals surface area contributed by atoms with Gasteiger partial charge in [0, 0.05) is 24.3 Å². The van der Waals surface area contributed by atoms with Gasteiger partial charge < -0.3 is 14.7 Å². The number of carbonyl (C=O) groups is 1. The Morgan fingerprint density at radius 2 is 2.00 bits per heavy atom. The van der Waals surface area contributed by atoms with E-state index < -0.39 is 0 Å². The molecular formula is C19H22N6O2. The van der Waals surface area contributed by atoms with E-state index in [0.717, 1.165) is 17.0 Å². The zero-order chi connectivity index (χ0) is 19.0. The van der Waals surface area contributed by atoms with Gasteiger partial charge in [0.1, 0.15) is 6.04 Å². The summed E-state index contributed by atoms with van der Waals surface area (Å²) >= 11 is 0. The minimum Gasteiger partial charge on any atom is -0.337 e. The molecule has 27 heavy (non-hydrogen) atoms. The molecule has 8 heteroatoms. The molecule has 140 valence electrons. The zero-order valence-electron chi connectivity index (χ0n) is 15.6. The van der Waals surface area contributed by atoms with E-state index in [4.69, 9.17) is 4.52 Å². The third-order valence-corrected chi connectivity index (χ3v) is 4.72. The Bertz CT molecular complexity index is 942. The standard InChI is InChI=1S/C19H22N6O2/c1-12-9-13(2)25(22-12)16-10-24(11-16)19(26)20-14(3)18-21-17(23-27-18)15-7-5-4-6-8-15/h4-9,14,16H,10-11H2,1-3H3,(H,20,26)/t14-/m0/s1. The highest BCUT2D eigenvalue weighted by molar-refractivity contribution is 5.75. The number of aryl methyl sites for hydroxylation is 2. The van der Waals surface area contributed by atoms with E-state index in [2.05, 4.69) is 20.6 Å². The van der Waals surface area contributed by atoms with Crippen molar-refractivity contribution >= 4 is 6.03 Å². The molecule has 2 amide bonds. The Kier molecular flexibility index (Phi) is 4.39. The molecule has 0 radical (unpaired) electrons. The number of hydrogen-bond acceptors (Lipinski definition) is 5. The molecule has 0 saturated carbocycles. The quantitative estimate of drug-likeness (QED) is 0.767. The normalized spacial score (nSPS) is 15.4. The molecule has 3 aromatic rings. The van der Waals surface area contributed by atoms with Crippen LogP contribution in [0.5, 0.6) is 0 Å². The average Bonchev–Trinajstić information content (AvgIpc) is 3.21. The van der Waals surface area contributed by atoms with Gasteiger partial charge >= 0.3 is 6.03 Å². The number of urea groups is 1. The highest BCUT2D eigenvalue weighted by Crippen LogP contribution is 2.24. The molecular weight excluding hydrogens is 344 g/mol. The summed E-state index contributed by atoms with van der Waals surface area (Å²) < 4.78 is 7.31. The molecule has 1 aliphatic heterocycles. The van der Waals surface area contributed by atoms with Gasteiger partial charge in [-0.1, -0.05) is 35.5 Å². The highest BCUT2D eigenvalue weighted by atomic mass is 16.5. The first-order valence-electron chi connectivity index (χ1n) is 8.98. The van der Waals surface area contributed by atoms with Crippen molar-refractivity contribution in [2.75, 3.05) is 13.1 Å². The largest absolute Gasteiger partial charge is 0.337 e. The van der Waals surface area contributed by atoms with Crippen molar-refractivity contribution in [1.82, 2.24) is 30.1 Å². The number of carbonyl (C=O) groups excluding carboxylic acids is 1. The van der Waals surface area contributed by atoms with Crippen LogP contribution in [-0.4, -0.2) is 43.9 Å². The maximum atomic E-state index is 12.4. The summed E-state index contributed by atoms with van der Waals surface area (Å²) in [5.41, 5.74) is 2.99. The van der Waals surface area contributed by atoms with E-state index in [0.29, 0.717) is 24.8 Å². The third-order valence-electron chi connectivity index (χ3n) is 4.72. The van der Waals surface area contributed by atoms with Crippen molar-refractivity contribution in [3.05, 3.63) is 53.7 Å². The molecule has 0 unspecified atom stereocenters. The Labute approximate surface area is 157 Å². The minimum absolute atomic E-state index is 0.139. The molecule has 1 aromatic carbocycles. The lowest BCUT2D eigenvalue weighted by Crippen LogP contribution is -2.54. The van der Waals surface area contributed by atoms with Crippen molar-refractivity contribution in [2.45, 2.75) is 32.9 Å². The Morgan fingerprint density at radius 3 is 2.67 bits per heavy atom. The van der Waals surface area contributed by atoms with Crippen molar-refractivity contribution in [3.63, 3.8) is 0 Å². The van der Waals surface area contributed by atoms with Gasteiger partial charge in [-0.05, 0) is 26.8 Å². The first-order chi connectivity index (χ1) is 13.0. The first kappa shape index (κ1) is 17.3. The Morgan fingerprint density at radius 1 is 1.26 bits per heavy atom. The predicted molar refractivity (Wildman–Crippen MR) is 99.0 cm³/mol. The van der Waals surface area contributed by atoms with E-state index in [1.807, 2.05) is 61.9 Å². The predicted octanol–water partition coefficient (Wildman–Crippen LogP) is 2.88. The summed E-state index contributed by atoms with van der Waals surface area (Å²) in [6.07, 6.45) is 0. The number of nitrogens with one attached hydrogen (secondary N) is 1. The maximum absolute atomic E-state index is 12.4. The molecule has 4 rings (SSSR count). The van der Waals surface area contributed by atoms with Gasteiger partial charge in [-0.25, -0.2) is 4.79 Å². The van der Waals surface area contributed by atoms with Crippen LogP contribution in [0.3, 0.4) is 0 Å². The molecule has 0 spiro atoms. The lowest BCUT2D eigenvalue weighted by molar-refractivity contribution is 0.114. The molecule has 0 aliphatic carbocycles. The van der Waals surface area contributed by atoms with Gasteiger partial charge in [-0.3, -0.25) is 4.68 Å². The summed E-state index contributed by atoms with van der Waals surface area (Å²) in [5.74, 6) is 0.901. The molecule has 1 atom stereocenters. The smallest absolute Gasteiger partial charge is 0.318 e. The van der Waals surface area contributed by atoms with Crippen LogP contribution < -0.4 is 5.32 Å². The van der Waals surface area contributed by atoms with Gasteiger partial charge in [0.05, 0.1) is 11.7 Å². The fourth-order valence-corrected chi connectivity index (χ4v) is 3.25. The Balaban J connectivity index is 1.34. The van der Waals surface area contributed by atoms with E-state index >= 15 is 0 Å². The van der Waals surface area contributed by atoms with Crippen LogP contribution in [-0.2, 0) is 0 Å². The number of amides is 2. The first-order valence-corrected chi connectivity index (χ1v) is 8.98. The van der Waals surface area contributed by atoms with Crippen LogP contribution in [0, 0.1) is 13.8 Å². The molecule has 0 bridgehead atoms. The highest BCUT2D eigenvalue weighted by Gasteiger charge is 2.34. The number of nitrogens with zero attached hydrogens (tertiary/aromatic N) is 5. The van der Waals surface area contributed by atoms with Crippen LogP contribution in [0.25, 0.3) is 11.4 Å². The fourth-order valence-electron chi connectivity index (χ4n) is 3.25. The van der Waals surface area contributed by atoms with Crippen molar-refractivity contribution in [1.29, 1.82) is 0 Å². The van der Waals surface area contributed by atoms with Crippen molar-refractivity contribution in [2.24, 2.45) is 0 Å². The lowest BCUT2D eigenvalue weighted by atomic mass is 10.1. The fraction of sp³-hybridized carbons (Fsp3) is 0.368. The van der Waals surface area contributed by atoms with Gasteiger partial charge in [0.2, 0.25) is 11.7 Å². The molecule has 2 aromatic heterocycles. The van der Waals surface area contributed by atoms with E-state index in [1.165, 1.54) is 0 Å². The summed E-state index contributed by atoms with van der Waals surface area (Å²) in [4.78, 5) is 18.6. The zero-order valence-corrected chi connectivity index (χ0v) is 15.6. The van der Waals surface area contributed by atoms with Crippen LogP contribution in [0.1, 0.15) is 36.3 Å². The molecule has 1 aliphatic rings. The summed E-state index contributed by atoms with van der Waals surface area (Å²) in [6.45, 7) is 7.12. The lowest BCUT2D eigenvalue weighted by Gasteiger charge is -2.39. The topological polar surface area (TPSA) is 89.1 Å². The summed E-state index contributed by atoms with van der Waals surface area (Å²) in [7, 11) is 0. The summed E-state index contributed by atoms with van der Waals surface area (Å²) in [6, 6.07) is 11.4. The van der Waals surface area contributed by atoms with E-state index in [9.17, 15) is 4.79 Å². The SMILES string of the molecule is Cc1cc(C)n(C2CN(C(=O)N[C@@H](C)c3nc(-c4ccccc4)no3)C2)n1. The van der Waals surface area contributed by atoms with Crippen LogP contribution in [0.4, 0.5) is 4.79 Å². The molecule has 1 saturated heterocycles. The number of likely N-dealkylation sites (tertiary alicyclic amines) is 1. The second kappa shape index (κ2) is 6.86. The van der Waals surface area contributed by atoms with Gasteiger partial charge in [0.25, 0.3) is 0 Å². The van der Waals surface area contributed by atoms with Crippen molar-refractivity contribution < 1.29 is 9.32 Å². The third kappa shape index (κ3) is 3.42. The van der Waals surface area contributed by atoms with Crippen LogP contribution in [0.15, 0.2) is 40.9 Å². The molecule has 1 N–H and O–H groups in total. The van der Waals surface area contributed by atoms with E-state index in [-0.39, 0.29) is 18.1 Å². The van der Waals surface area contributed by atoms with Gasteiger partial charge in [-0.15, -0.1) is 0 Å². The average molecular weight is 366 g/mol. The summed E-state index contributed by atoms with van der Waals surface area (Å²) in [5, 5.41) is 11.4. The molecule has 8 nitrogen and oxygen atoms in total. The number of benzene rings is 1. The number of rotatable bonds is 4. The number of aromatic nitrogens is 4. The van der Waals surface area contributed by atoms with Crippen molar-refractivity contribution in [3.8, 4) is 11.4 Å². The monoisotopic (exact) mass is 366 g/mol. The second-order valence-corrected chi connectivity index (χ2v) is 6.92. The van der Waals surface area contributed by atoms with Gasteiger partial charge in [-0.2, -0.15) is 10.1 Å². The van der Waals surface area contributed by atoms with Gasteiger partial charge in [0.15, 0.2) is 0 Å².